The first kappa shape index (κ1) is 13.3. The molecule has 7 heteroatoms. The number of nitro groups is 1. The zero-order chi connectivity index (χ0) is 14.0. The quantitative estimate of drug-likeness (QED) is 0.656. The number of carboxylic acids is 1. The second-order valence-electron chi connectivity index (χ2n) is 4.36. The lowest BCUT2D eigenvalue weighted by molar-refractivity contribution is -0.384. The Morgan fingerprint density at radius 1 is 1.58 bits per heavy atom. The van der Waals surface area contributed by atoms with Crippen molar-refractivity contribution in [1.82, 2.24) is 0 Å². The van der Waals surface area contributed by atoms with Gasteiger partial charge in [0.25, 0.3) is 0 Å². The molecule has 1 saturated heterocycles. The van der Waals surface area contributed by atoms with Crippen LogP contribution in [0.25, 0.3) is 0 Å². The molecule has 7 nitrogen and oxygen atoms in total. The van der Waals surface area contributed by atoms with Gasteiger partial charge in [-0.25, -0.2) is 4.79 Å². The van der Waals surface area contributed by atoms with Crippen LogP contribution in [0.15, 0.2) is 18.2 Å². The van der Waals surface area contributed by atoms with E-state index in [1.54, 1.807) is 18.0 Å². The first-order valence-electron chi connectivity index (χ1n) is 5.83. The predicted molar refractivity (Wildman–Crippen MR) is 67.7 cm³/mol. The lowest BCUT2D eigenvalue weighted by Gasteiger charge is -2.25. The molecule has 1 aromatic carbocycles. The summed E-state index contributed by atoms with van der Waals surface area (Å²) in [4.78, 5) is 23.3. The molecule has 1 heterocycles. The number of rotatable bonds is 4. The van der Waals surface area contributed by atoms with Gasteiger partial charge in [-0.15, -0.1) is 0 Å². The van der Waals surface area contributed by atoms with E-state index in [0.717, 1.165) is 6.42 Å². The van der Waals surface area contributed by atoms with Gasteiger partial charge in [0, 0.05) is 13.7 Å². The number of ether oxygens (including phenoxy) is 1. The molecule has 0 aliphatic carbocycles. The Kier molecular flexibility index (Phi) is 3.66. The van der Waals surface area contributed by atoms with E-state index in [1.807, 2.05) is 0 Å². The van der Waals surface area contributed by atoms with Gasteiger partial charge < -0.3 is 14.7 Å². The Hall–Kier alpha value is -2.15. The first-order valence-corrected chi connectivity index (χ1v) is 5.83. The summed E-state index contributed by atoms with van der Waals surface area (Å²) in [5.74, 6) is -1.30. The molecule has 19 heavy (non-hydrogen) atoms. The minimum absolute atomic E-state index is 0.0303. The third kappa shape index (κ3) is 2.50. The number of carbonyl (C=O) groups is 1. The molecule has 1 aliphatic rings. The highest BCUT2D eigenvalue weighted by molar-refractivity contribution is 5.95. The van der Waals surface area contributed by atoms with E-state index in [2.05, 4.69) is 0 Å². The molecular formula is C12H14N2O5. The number of anilines is 1. The molecule has 1 aromatic rings. The lowest BCUT2D eigenvalue weighted by Crippen LogP contribution is -2.32. The highest BCUT2D eigenvalue weighted by Gasteiger charge is 2.30. The molecule has 1 fully saturated rings. The largest absolute Gasteiger partial charge is 0.477 e. The highest BCUT2D eigenvalue weighted by atomic mass is 16.6. The van der Waals surface area contributed by atoms with Crippen LogP contribution in [0.5, 0.6) is 0 Å². The second-order valence-corrected chi connectivity index (χ2v) is 4.36. The molecule has 0 saturated carbocycles. The Bertz CT molecular complexity index is 511. The number of para-hydroxylation sites is 1. The summed E-state index contributed by atoms with van der Waals surface area (Å²) < 4.78 is 5.25. The number of hydrogen-bond donors (Lipinski definition) is 1. The van der Waals surface area contributed by atoms with E-state index in [1.165, 1.54) is 12.1 Å². The van der Waals surface area contributed by atoms with Gasteiger partial charge in [0.2, 0.25) is 0 Å². The summed E-state index contributed by atoms with van der Waals surface area (Å²) in [7, 11) is 1.72. The summed E-state index contributed by atoms with van der Waals surface area (Å²) in [5, 5.41) is 20.2. The highest BCUT2D eigenvalue weighted by Crippen LogP contribution is 2.33. The van der Waals surface area contributed by atoms with Crippen LogP contribution in [-0.4, -0.2) is 42.3 Å². The summed E-state index contributed by atoms with van der Waals surface area (Å²) in [5.41, 5.74) is -0.363. The molecule has 1 aliphatic heterocycles. The zero-order valence-electron chi connectivity index (χ0n) is 10.4. The third-order valence-corrected chi connectivity index (χ3v) is 3.26. The predicted octanol–water partition coefficient (Wildman–Crippen LogP) is 1.52. The average Bonchev–Trinajstić information content (AvgIpc) is 2.90. The van der Waals surface area contributed by atoms with Crippen molar-refractivity contribution in [3.05, 3.63) is 33.9 Å². The zero-order valence-corrected chi connectivity index (χ0v) is 10.4. The van der Waals surface area contributed by atoms with Gasteiger partial charge in [-0.3, -0.25) is 10.1 Å². The molecule has 0 spiro atoms. The number of aromatic carboxylic acids is 1. The number of nitro benzene ring substituents is 1. The monoisotopic (exact) mass is 266 g/mol. The number of likely N-dealkylation sites (N-methyl/N-ethyl adjacent to an activating group) is 1. The van der Waals surface area contributed by atoms with Gasteiger partial charge in [-0.05, 0) is 18.6 Å². The average molecular weight is 266 g/mol. The van der Waals surface area contributed by atoms with Gasteiger partial charge in [-0.2, -0.15) is 0 Å². The van der Waals surface area contributed by atoms with E-state index in [9.17, 15) is 14.9 Å². The van der Waals surface area contributed by atoms with Crippen LogP contribution in [0.4, 0.5) is 11.4 Å². The molecule has 1 N–H and O–H groups in total. The van der Waals surface area contributed by atoms with E-state index >= 15 is 0 Å². The van der Waals surface area contributed by atoms with E-state index in [-0.39, 0.29) is 17.3 Å². The Balaban J connectivity index is 2.46. The van der Waals surface area contributed by atoms with Crippen LogP contribution in [0.3, 0.4) is 0 Å². The van der Waals surface area contributed by atoms with Gasteiger partial charge in [0.15, 0.2) is 0 Å². The van der Waals surface area contributed by atoms with Gasteiger partial charge in [0.1, 0.15) is 11.3 Å². The topological polar surface area (TPSA) is 92.9 Å². The molecule has 1 unspecified atom stereocenters. The summed E-state index contributed by atoms with van der Waals surface area (Å²) in [6, 6.07) is 4.34. The van der Waals surface area contributed by atoms with Crippen molar-refractivity contribution in [2.24, 2.45) is 0 Å². The third-order valence-electron chi connectivity index (χ3n) is 3.26. The number of carboxylic acid groups (broad SMARTS) is 1. The normalized spacial score (nSPS) is 18.3. The minimum Gasteiger partial charge on any atom is -0.477 e. The lowest BCUT2D eigenvalue weighted by atomic mass is 10.1. The van der Waals surface area contributed by atoms with Crippen LogP contribution in [-0.2, 0) is 4.74 Å². The van der Waals surface area contributed by atoms with E-state index in [4.69, 9.17) is 9.84 Å². The van der Waals surface area contributed by atoms with Gasteiger partial charge in [-0.1, -0.05) is 6.07 Å². The minimum atomic E-state index is -1.30. The molecule has 0 aromatic heterocycles. The van der Waals surface area contributed by atoms with Crippen LogP contribution in [0.1, 0.15) is 16.8 Å². The van der Waals surface area contributed by atoms with Crippen molar-refractivity contribution in [2.45, 2.75) is 12.5 Å². The van der Waals surface area contributed by atoms with Crippen molar-refractivity contribution in [2.75, 3.05) is 25.2 Å². The standard InChI is InChI=1S/C12H14N2O5/c1-13(8-5-6-19-7-8)10-4-2-3-9(12(15)16)11(10)14(17)18/h2-4,8H,5-7H2,1H3,(H,15,16). The molecule has 0 radical (unpaired) electrons. The van der Waals surface area contributed by atoms with Crippen molar-refractivity contribution >= 4 is 17.3 Å². The smallest absolute Gasteiger partial charge is 0.342 e. The molecule has 2 rings (SSSR count). The number of benzene rings is 1. The number of nitrogens with zero attached hydrogens (tertiary/aromatic N) is 2. The van der Waals surface area contributed by atoms with Crippen LogP contribution < -0.4 is 4.90 Å². The van der Waals surface area contributed by atoms with Gasteiger partial charge >= 0.3 is 11.7 Å². The molecule has 102 valence electrons. The Labute approximate surface area is 109 Å². The van der Waals surface area contributed by atoms with Crippen LogP contribution in [0, 0.1) is 10.1 Å². The van der Waals surface area contributed by atoms with Gasteiger partial charge in [0.05, 0.1) is 17.6 Å². The van der Waals surface area contributed by atoms with E-state index in [0.29, 0.717) is 18.9 Å². The van der Waals surface area contributed by atoms with Crippen LogP contribution >= 0.6 is 0 Å². The van der Waals surface area contributed by atoms with E-state index < -0.39 is 10.9 Å². The maximum absolute atomic E-state index is 11.2. The molecule has 0 amide bonds. The fourth-order valence-electron chi connectivity index (χ4n) is 2.20. The van der Waals surface area contributed by atoms with Crippen molar-refractivity contribution in [1.29, 1.82) is 0 Å². The molecular weight excluding hydrogens is 252 g/mol. The summed E-state index contributed by atoms with van der Waals surface area (Å²) in [6.07, 6.45) is 0.769. The summed E-state index contributed by atoms with van der Waals surface area (Å²) >= 11 is 0. The maximum Gasteiger partial charge on any atom is 0.342 e. The van der Waals surface area contributed by atoms with Crippen molar-refractivity contribution in [3.63, 3.8) is 0 Å². The fourth-order valence-corrected chi connectivity index (χ4v) is 2.20. The fraction of sp³-hybridized carbons (Fsp3) is 0.417. The Morgan fingerprint density at radius 3 is 2.84 bits per heavy atom. The number of hydrogen-bond acceptors (Lipinski definition) is 5. The van der Waals surface area contributed by atoms with Crippen molar-refractivity contribution < 1.29 is 19.6 Å². The molecule has 1 atom stereocenters. The maximum atomic E-state index is 11.2. The van der Waals surface area contributed by atoms with Crippen LogP contribution in [0.2, 0.25) is 0 Å². The second kappa shape index (κ2) is 5.23. The van der Waals surface area contributed by atoms with Crippen molar-refractivity contribution in [3.8, 4) is 0 Å². The molecule has 0 bridgehead atoms. The first-order chi connectivity index (χ1) is 9.02. The summed E-state index contributed by atoms with van der Waals surface area (Å²) in [6.45, 7) is 1.10. The SMILES string of the molecule is CN(c1cccc(C(=O)O)c1[N+](=O)[O-])C1CCOC1. The Morgan fingerprint density at radius 2 is 2.32 bits per heavy atom.